The molecule has 4 aromatic rings. The summed E-state index contributed by atoms with van der Waals surface area (Å²) >= 11 is 5.75. The van der Waals surface area contributed by atoms with Crippen molar-refractivity contribution < 1.29 is 31.4 Å². The number of nitro groups is 1. The number of hydrogen-bond acceptors (Lipinski definition) is 9. The molecule has 0 aliphatic carbocycles. The van der Waals surface area contributed by atoms with Crippen molar-refractivity contribution in [1.82, 2.24) is 9.97 Å². The minimum Gasteiger partial charge on any atom is -0.494 e. The van der Waals surface area contributed by atoms with E-state index < -0.39 is 32.4 Å². The number of nitrogens with one attached hydrogen (secondary N) is 2. The number of ether oxygens (including phenoxy) is 1. The lowest BCUT2D eigenvalue weighted by Gasteiger charge is -2.12. The minimum absolute atomic E-state index is 0.0548. The van der Waals surface area contributed by atoms with E-state index in [1.165, 1.54) is 37.7 Å². The Labute approximate surface area is 226 Å². The number of hydrogen-bond donors (Lipinski definition) is 3. The third-order valence-electron chi connectivity index (χ3n) is 4.78. The molecule has 1 heterocycles. The number of halogens is 3. The van der Waals surface area contributed by atoms with Crippen LogP contribution in [-0.2, 0) is 15.9 Å². The average molecular weight is 580 g/mol. The summed E-state index contributed by atoms with van der Waals surface area (Å²) in [6.07, 6.45) is 1.24. The predicted octanol–water partition coefficient (Wildman–Crippen LogP) is 5.89. The normalized spacial score (nSPS) is 10.7. The fourth-order valence-corrected chi connectivity index (χ4v) is 3.88. The van der Waals surface area contributed by atoms with E-state index in [0.29, 0.717) is 17.1 Å². The Kier molecular flexibility index (Phi) is 9.65. The van der Waals surface area contributed by atoms with Crippen molar-refractivity contribution in [3.05, 3.63) is 105 Å². The largest absolute Gasteiger partial charge is 0.494 e. The highest BCUT2D eigenvalue weighted by atomic mass is 35.5. The van der Waals surface area contributed by atoms with Crippen LogP contribution >= 0.6 is 11.6 Å². The molecule has 204 valence electrons. The number of rotatable bonds is 8. The molecule has 4 rings (SSSR count). The zero-order valence-corrected chi connectivity index (χ0v) is 21.6. The maximum Gasteiger partial charge on any atom is 0.307 e. The summed E-state index contributed by atoms with van der Waals surface area (Å²) in [4.78, 5) is 18.2. The molecule has 0 unspecified atom stereocenters. The molecule has 0 radical (unpaired) electrons. The van der Waals surface area contributed by atoms with Crippen LogP contribution in [0.2, 0.25) is 5.02 Å². The van der Waals surface area contributed by atoms with Crippen LogP contribution in [0.15, 0.2) is 73.1 Å². The minimum atomic E-state index is -3.88. The van der Waals surface area contributed by atoms with E-state index in [0.717, 1.165) is 12.1 Å². The molecule has 0 saturated carbocycles. The molecule has 0 bridgehead atoms. The van der Waals surface area contributed by atoms with Crippen molar-refractivity contribution in [2.24, 2.45) is 0 Å². The van der Waals surface area contributed by atoms with Crippen LogP contribution in [0.3, 0.4) is 0 Å². The lowest BCUT2D eigenvalue weighted by Crippen LogP contribution is -2.02. The maximum atomic E-state index is 13.8. The molecule has 3 N–H and O–H groups in total. The number of anilines is 4. The second-order valence-electron chi connectivity index (χ2n) is 7.64. The van der Waals surface area contributed by atoms with E-state index in [2.05, 4.69) is 20.6 Å². The summed E-state index contributed by atoms with van der Waals surface area (Å²) in [6.45, 7) is 0. The fraction of sp³-hybridized carbons (Fsp3) is 0.0833. The molecule has 0 atom stereocenters. The first-order valence-electron chi connectivity index (χ1n) is 10.8. The number of nitrogens with zero attached hydrogens (tertiary/aromatic N) is 3. The van der Waals surface area contributed by atoms with E-state index in [-0.39, 0.29) is 28.0 Å². The van der Waals surface area contributed by atoms with Crippen molar-refractivity contribution >= 4 is 50.4 Å². The number of aromatic nitrogens is 2. The van der Waals surface area contributed by atoms with Gasteiger partial charge in [0.15, 0.2) is 0 Å². The molecular formula is C24H20ClF2N5O6S. The van der Waals surface area contributed by atoms with Gasteiger partial charge in [-0.15, -0.1) is 0 Å². The SMILES string of the molecule is COc1cc(F)c([N+](=O)[O-])cc1Nc1cc(Nc2ccc(F)c(Cl)c2)ncn1.O=S(=O)(O)Cc1ccccc1. The van der Waals surface area contributed by atoms with E-state index in [4.69, 9.17) is 20.9 Å². The van der Waals surface area contributed by atoms with Crippen LogP contribution in [0.25, 0.3) is 0 Å². The van der Waals surface area contributed by atoms with Crippen molar-refractivity contribution in [1.29, 1.82) is 0 Å². The van der Waals surface area contributed by atoms with Crippen LogP contribution in [0.5, 0.6) is 5.75 Å². The molecule has 1 aromatic heterocycles. The Hall–Kier alpha value is -4.40. The van der Waals surface area contributed by atoms with Crippen LogP contribution in [0.1, 0.15) is 5.56 Å². The van der Waals surface area contributed by atoms with Crippen LogP contribution < -0.4 is 15.4 Å². The first-order valence-corrected chi connectivity index (χ1v) is 12.8. The second kappa shape index (κ2) is 12.9. The molecule has 0 amide bonds. The molecular weight excluding hydrogens is 560 g/mol. The van der Waals surface area contributed by atoms with Crippen molar-refractivity contribution in [2.45, 2.75) is 5.75 Å². The van der Waals surface area contributed by atoms with E-state index in [1.54, 1.807) is 30.3 Å². The quantitative estimate of drug-likeness (QED) is 0.131. The van der Waals surface area contributed by atoms with E-state index >= 15 is 0 Å². The molecule has 11 nitrogen and oxygen atoms in total. The predicted molar refractivity (Wildman–Crippen MR) is 141 cm³/mol. The maximum absolute atomic E-state index is 13.8. The number of benzene rings is 3. The Morgan fingerprint density at radius 2 is 1.67 bits per heavy atom. The molecule has 0 saturated heterocycles. The molecule has 0 aliphatic rings. The zero-order valence-electron chi connectivity index (χ0n) is 20.0. The molecule has 0 aliphatic heterocycles. The van der Waals surface area contributed by atoms with Gasteiger partial charge in [0.2, 0.25) is 5.82 Å². The lowest BCUT2D eigenvalue weighted by molar-refractivity contribution is -0.387. The summed E-state index contributed by atoms with van der Waals surface area (Å²) in [7, 11) is -2.57. The first-order chi connectivity index (χ1) is 18.4. The average Bonchev–Trinajstić information content (AvgIpc) is 2.87. The van der Waals surface area contributed by atoms with Crippen LogP contribution in [-0.4, -0.2) is 35.0 Å². The zero-order chi connectivity index (χ0) is 28.6. The Morgan fingerprint density at radius 3 is 2.26 bits per heavy atom. The van der Waals surface area contributed by atoms with Gasteiger partial charge >= 0.3 is 5.69 Å². The first kappa shape index (κ1) is 29.2. The van der Waals surface area contributed by atoms with Gasteiger partial charge in [-0.25, -0.2) is 14.4 Å². The van der Waals surface area contributed by atoms with Crippen molar-refractivity contribution in [3.63, 3.8) is 0 Å². The smallest absolute Gasteiger partial charge is 0.307 e. The van der Waals surface area contributed by atoms with Gasteiger partial charge in [-0.1, -0.05) is 41.9 Å². The third-order valence-corrected chi connectivity index (χ3v) is 5.77. The summed E-state index contributed by atoms with van der Waals surface area (Å²) in [5.41, 5.74) is 0.516. The second-order valence-corrected chi connectivity index (χ2v) is 9.50. The van der Waals surface area contributed by atoms with Gasteiger partial charge in [-0.2, -0.15) is 12.8 Å². The highest BCUT2D eigenvalue weighted by molar-refractivity contribution is 7.85. The lowest BCUT2D eigenvalue weighted by atomic mass is 10.2. The number of methoxy groups -OCH3 is 1. The Bertz CT molecular complexity index is 1580. The summed E-state index contributed by atoms with van der Waals surface area (Å²) in [5, 5.41) is 16.6. The molecule has 0 fully saturated rings. The molecule has 39 heavy (non-hydrogen) atoms. The summed E-state index contributed by atoms with van der Waals surface area (Å²) in [6, 6.07) is 16.0. The van der Waals surface area contributed by atoms with Crippen molar-refractivity contribution in [3.8, 4) is 5.75 Å². The molecule has 15 heteroatoms. The van der Waals surface area contributed by atoms with Gasteiger partial charge in [0.25, 0.3) is 10.1 Å². The monoisotopic (exact) mass is 579 g/mol. The third kappa shape index (κ3) is 8.84. The fourth-order valence-electron chi connectivity index (χ4n) is 3.09. The van der Waals surface area contributed by atoms with Gasteiger partial charge in [0, 0.05) is 23.9 Å². The Morgan fingerprint density at radius 1 is 1.00 bits per heavy atom. The molecule has 3 aromatic carbocycles. The van der Waals surface area contributed by atoms with Crippen LogP contribution in [0.4, 0.5) is 37.5 Å². The van der Waals surface area contributed by atoms with Gasteiger partial charge in [-0.05, 0) is 23.8 Å². The highest BCUT2D eigenvalue weighted by Gasteiger charge is 2.19. The van der Waals surface area contributed by atoms with E-state index in [9.17, 15) is 27.3 Å². The highest BCUT2D eigenvalue weighted by Crippen LogP contribution is 2.34. The molecule has 0 spiro atoms. The van der Waals surface area contributed by atoms with Gasteiger partial charge in [0.05, 0.1) is 22.7 Å². The summed E-state index contributed by atoms with van der Waals surface area (Å²) < 4.78 is 61.2. The van der Waals surface area contributed by atoms with Gasteiger partial charge in [0.1, 0.15) is 35.3 Å². The van der Waals surface area contributed by atoms with Gasteiger partial charge in [-0.3, -0.25) is 14.7 Å². The standard InChI is InChI=1S/C17H12ClF2N5O3.C7H8O3S/c1-28-15-5-12(20)14(25(26)27)6-13(15)24-17-7-16(21-8-22-17)23-9-2-3-11(19)10(18)4-9;8-11(9,10)6-7-4-2-1-3-5-7/h2-8H,1H3,(H2,21,22,23,24);1-5H,6H2,(H,8,9,10). The van der Waals surface area contributed by atoms with E-state index in [1.807, 2.05) is 0 Å². The number of nitro benzene ring substituents is 1. The Balaban J connectivity index is 0.000000320. The van der Waals surface area contributed by atoms with Crippen LogP contribution in [0, 0.1) is 21.7 Å². The van der Waals surface area contributed by atoms with Crippen molar-refractivity contribution in [2.75, 3.05) is 17.7 Å². The summed E-state index contributed by atoms with van der Waals surface area (Å²) in [5.74, 6) is -1.23. The topological polar surface area (TPSA) is 157 Å². The van der Waals surface area contributed by atoms with Gasteiger partial charge < -0.3 is 15.4 Å².